The Bertz CT molecular complexity index is 1150. The van der Waals surface area contributed by atoms with Crippen LogP contribution in [0, 0.1) is 11.7 Å². The molecule has 3 aromatic rings. The molecule has 2 atom stereocenters. The lowest BCUT2D eigenvalue weighted by atomic mass is 9.93. The van der Waals surface area contributed by atoms with Gasteiger partial charge in [-0.1, -0.05) is 17.8 Å². The van der Waals surface area contributed by atoms with E-state index in [1.54, 1.807) is 24.2 Å². The van der Waals surface area contributed by atoms with Gasteiger partial charge in [-0.2, -0.15) is 23.4 Å². The third-order valence-corrected chi connectivity index (χ3v) is 7.68. The first-order valence-electron chi connectivity index (χ1n) is 10.7. The minimum absolute atomic E-state index is 0.312. The lowest BCUT2D eigenvalue weighted by Crippen LogP contribution is -2.28. The largest absolute Gasteiger partial charge is 0.416 e. The molecule has 2 aromatic heterocycles. The van der Waals surface area contributed by atoms with Crippen LogP contribution in [0.25, 0.3) is 11.4 Å². The van der Waals surface area contributed by atoms with E-state index in [4.69, 9.17) is 0 Å². The summed E-state index contributed by atoms with van der Waals surface area (Å²) in [5, 5.41) is 17.0. The second-order valence-electron chi connectivity index (χ2n) is 8.68. The van der Waals surface area contributed by atoms with E-state index in [0.29, 0.717) is 24.1 Å². The molecular weight excluding hydrogens is 456 g/mol. The number of rotatable bonds is 7. The smallest absolute Gasteiger partial charge is 0.305 e. The van der Waals surface area contributed by atoms with Crippen molar-refractivity contribution < 1.29 is 17.6 Å². The zero-order valence-electron chi connectivity index (χ0n) is 17.9. The van der Waals surface area contributed by atoms with Gasteiger partial charge in [0.2, 0.25) is 0 Å². The molecule has 3 heterocycles. The Hall–Kier alpha value is -2.53. The van der Waals surface area contributed by atoms with Crippen LogP contribution in [0.5, 0.6) is 0 Å². The number of alkyl halides is 3. The molecule has 1 aliphatic heterocycles. The minimum Gasteiger partial charge on any atom is -0.305 e. The van der Waals surface area contributed by atoms with Crippen LogP contribution < -0.4 is 0 Å². The molecule has 1 saturated carbocycles. The third-order valence-electron chi connectivity index (χ3n) is 6.58. The monoisotopic (exact) mass is 478 g/mol. The molecule has 0 spiro atoms. The van der Waals surface area contributed by atoms with Crippen LogP contribution in [-0.2, 0) is 18.6 Å². The lowest BCUT2D eigenvalue weighted by Gasteiger charge is -2.21. The van der Waals surface area contributed by atoms with Crippen molar-refractivity contribution in [3.05, 3.63) is 53.6 Å². The maximum Gasteiger partial charge on any atom is 0.416 e. The number of hydrogen-bond acceptors (Lipinski definition) is 6. The highest BCUT2D eigenvalue weighted by Gasteiger charge is 2.61. The van der Waals surface area contributed by atoms with Crippen molar-refractivity contribution in [2.45, 2.75) is 29.6 Å². The predicted molar refractivity (Wildman–Crippen MR) is 115 cm³/mol. The summed E-state index contributed by atoms with van der Waals surface area (Å²) in [5.41, 5.74) is 0.00759. The number of benzene rings is 1. The number of nitrogens with zero attached hydrogens (tertiary/aromatic N) is 6. The summed E-state index contributed by atoms with van der Waals surface area (Å²) in [4.78, 5) is 2.29. The molecule has 5 rings (SSSR count). The number of halogens is 4. The maximum atomic E-state index is 14.5. The molecule has 1 aliphatic carbocycles. The highest BCUT2D eigenvalue weighted by molar-refractivity contribution is 7.99. The van der Waals surface area contributed by atoms with Crippen LogP contribution in [0.2, 0.25) is 0 Å². The Labute approximate surface area is 192 Å². The van der Waals surface area contributed by atoms with E-state index >= 15 is 0 Å². The van der Waals surface area contributed by atoms with Gasteiger partial charge in [0.25, 0.3) is 0 Å². The van der Waals surface area contributed by atoms with Gasteiger partial charge < -0.3 is 9.47 Å². The van der Waals surface area contributed by atoms with Crippen molar-refractivity contribution >= 4 is 11.8 Å². The second kappa shape index (κ2) is 8.35. The van der Waals surface area contributed by atoms with Gasteiger partial charge in [-0.25, -0.2) is 4.39 Å². The summed E-state index contributed by atoms with van der Waals surface area (Å²) in [6, 6.07) is 4.80. The van der Waals surface area contributed by atoms with Crippen molar-refractivity contribution in [3.63, 3.8) is 0 Å². The molecule has 0 radical (unpaired) electrons. The van der Waals surface area contributed by atoms with Gasteiger partial charge in [0.05, 0.1) is 18.0 Å². The molecule has 0 N–H and O–H groups in total. The average molecular weight is 479 g/mol. The van der Waals surface area contributed by atoms with E-state index in [9.17, 15) is 17.6 Å². The average Bonchev–Trinajstić information content (AvgIpc) is 3.15. The number of fused-ring (bicyclic) bond motifs is 1. The van der Waals surface area contributed by atoms with E-state index in [1.165, 1.54) is 6.07 Å². The fraction of sp³-hybridized carbons (Fsp3) is 0.455. The minimum atomic E-state index is -4.53. The summed E-state index contributed by atoms with van der Waals surface area (Å²) in [5.74, 6) is 1.15. The van der Waals surface area contributed by atoms with Gasteiger partial charge in [0.1, 0.15) is 5.82 Å². The van der Waals surface area contributed by atoms with Crippen molar-refractivity contribution in [3.8, 4) is 11.4 Å². The highest BCUT2D eigenvalue weighted by Crippen LogP contribution is 2.59. The summed E-state index contributed by atoms with van der Waals surface area (Å²) in [7, 11) is 1.91. The molecule has 0 unspecified atom stereocenters. The summed E-state index contributed by atoms with van der Waals surface area (Å²) in [6.45, 7) is 2.40. The van der Waals surface area contributed by atoms with Crippen LogP contribution in [0.3, 0.4) is 0 Å². The van der Waals surface area contributed by atoms with E-state index in [2.05, 4.69) is 25.3 Å². The first-order chi connectivity index (χ1) is 15.8. The van der Waals surface area contributed by atoms with Gasteiger partial charge >= 0.3 is 6.18 Å². The molecule has 0 bridgehead atoms. The number of likely N-dealkylation sites (tertiary alicyclic amines) is 1. The summed E-state index contributed by atoms with van der Waals surface area (Å²) < 4.78 is 55.1. The third kappa shape index (κ3) is 4.23. The Balaban J connectivity index is 1.14. The molecule has 1 aromatic carbocycles. The zero-order valence-corrected chi connectivity index (χ0v) is 18.7. The molecule has 33 heavy (non-hydrogen) atoms. The quantitative estimate of drug-likeness (QED) is 0.288. The van der Waals surface area contributed by atoms with Gasteiger partial charge in [-0.15, -0.1) is 10.2 Å². The Morgan fingerprint density at radius 3 is 2.76 bits per heavy atom. The number of aromatic nitrogens is 5. The Morgan fingerprint density at radius 1 is 1.18 bits per heavy atom. The van der Waals surface area contributed by atoms with E-state index in [-0.39, 0.29) is 5.41 Å². The first kappa shape index (κ1) is 22.3. The Morgan fingerprint density at radius 2 is 2.03 bits per heavy atom. The predicted octanol–water partition coefficient (Wildman–Crippen LogP) is 4.19. The molecule has 0 amide bonds. The van der Waals surface area contributed by atoms with E-state index in [0.717, 1.165) is 54.3 Å². The van der Waals surface area contributed by atoms with Crippen LogP contribution in [0.4, 0.5) is 17.6 Å². The van der Waals surface area contributed by atoms with Gasteiger partial charge in [0.15, 0.2) is 11.0 Å². The Kier molecular flexibility index (Phi) is 5.64. The van der Waals surface area contributed by atoms with Gasteiger partial charge in [-0.05, 0) is 49.1 Å². The van der Waals surface area contributed by atoms with Crippen LogP contribution in [0.1, 0.15) is 24.0 Å². The standard InChI is InChI=1S/C22H22F4N6S/c1-31-19(14-5-6-27-28-11-14)29-30-20(31)33-8-2-7-32-12-16-10-21(16,13-32)17-4-3-15(9-18(17)23)22(24,25)26/h3-6,9,11,16H,2,7-8,10,12-13H2,1H3/t16-,21-/m0/s1. The molecule has 11 heteroatoms. The topological polar surface area (TPSA) is 59.7 Å². The molecule has 2 fully saturated rings. The van der Waals surface area contributed by atoms with Crippen molar-refractivity contribution in [1.82, 2.24) is 29.9 Å². The molecule has 1 saturated heterocycles. The van der Waals surface area contributed by atoms with Crippen molar-refractivity contribution in [1.29, 1.82) is 0 Å². The molecule has 2 aliphatic rings. The number of hydrogen-bond donors (Lipinski definition) is 0. The fourth-order valence-electron chi connectivity index (χ4n) is 4.84. The SMILES string of the molecule is Cn1c(SCCCN2C[C@@H]3C[C@]3(c3ccc(C(F)(F)F)cc3F)C2)nnc1-c1ccnnc1. The van der Waals surface area contributed by atoms with Crippen LogP contribution >= 0.6 is 11.8 Å². The second-order valence-corrected chi connectivity index (χ2v) is 9.75. The molecular formula is C22H22F4N6S. The van der Waals surface area contributed by atoms with Crippen molar-refractivity contribution in [2.24, 2.45) is 13.0 Å². The van der Waals surface area contributed by atoms with Crippen molar-refractivity contribution in [2.75, 3.05) is 25.4 Å². The van der Waals surface area contributed by atoms with E-state index in [1.807, 2.05) is 17.7 Å². The first-order valence-corrected chi connectivity index (χ1v) is 11.7. The molecule has 6 nitrogen and oxygen atoms in total. The van der Waals surface area contributed by atoms with Crippen LogP contribution in [-0.4, -0.2) is 55.2 Å². The lowest BCUT2D eigenvalue weighted by molar-refractivity contribution is -0.137. The van der Waals surface area contributed by atoms with E-state index < -0.39 is 17.6 Å². The zero-order chi connectivity index (χ0) is 23.2. The summed E-state index contributed by atoms with van der Waals surface area (Å²) in [6.07, 6.45) is 0.485. The number of piperidine rings is 1. The maximum absolute atomic E-state index is 14.5. The van der Waals surface area contributed by atoms with Crippen LogP contribution in [0.15, 0.2) is 41.8 Å². The van der Waals surface area contributed by atoms with Gasteiger partial charge in [0, 0.05) is 36.9 Å². The fourth-order valence-corrected chi connectivity index (χ4v) is 5.67. The normalized spacial score (nSPS) is 22.5. The number of thioether (sulfide) groups is 1. The highest BCUT2D eigenvalue weighted by atomic mass is 32.2. The van der Waals surface area contributed by atoms with Gasteiger partial charge in [-0.3, -0.25) is 0 Å². The molecule has 174 valence electrons. The summed E-state index contributed by atoms with van der Waals surface area (Å²) >= 11 is 1.62.